The van der Waals surface area contributed by atoms with Crippen molar-refractivity contribution < 1.29 is 9.18 Å². The van der Waals surface area contributed by atoms with Crippen LogP contribution in [-0.2, 0) is 11.2 Å². The zero-order valence-corrected chi connectivity index (χ0v) is 10.4. The standard InChI is InChI=1S/C14H19FN2O/c15-13-4-2-1-3-12(13)9-14(18)17-7-5-11(10-16)6-8-17/h1-4,11H,5-10,16H2. The number of carbonyl (C=O) groups excluding carboxylic acids is 1. The predicted octanol–water partition coefficient (Wildman–Crippen LogP) is 1.57. The molecule has 18 heavy (non-hydrogen) atoms. The molecule has 3 nitrogen and oxygen atoms in total. The number of likely N-dealkylation sites (tertiary alicyclic amines) is 1. The van der Waals surface area contributed by atoms with Crippen molar-refractivity contribution in [3.8, 4) is 0 Å². The van der Waals surface area contributed by atoms with Crippen LogP contribution in [0.15, 0.2) is 24.3 Å². The molecule has 98 valence electrons. The number of benzene rings is 1. The van der Waals surface area contributed by atoms with Gasteiger partial charge in [0.25, 0.3) is 0 Å². The number of hydrogen-bond donors (Lipinski definition) is 1. The van der Waals surface area contributed by atoms with E-state index >= 15 is 0 Å². The quantitative estimate of drug-likeness (QED) is 0.885. The molecule has 1 heterocycles. The molecule has 0 unspecified atom stereocenters. The van der Waals surface area contributed by atoms with Crippen LogP contribution in [0.25, 0.3) is 0 Å². The maximum absolute atomic E-state index is 13.4. The Balaban J connectivity index is 1.91. The fourth-order valence-corrected chi connectivity index (χ4v) is 2.33. The minimum atomic E-state index is -0.303. The number of hydrogen-bond acceptors (Lipinski definition) is 2. The van der Waals surface area contributed by atoms with E-state index in [1.54, 1.807) is 18.2 Å². The second kappa shape index (κ2) is 5.96. The van der Waals surface area contributed by atoms with E-state index in [9.17, 15) is 9.18 Å². The van der Waals surface area contributed by atoms with Gasteiger partial charge in [0.15, 0.2) is 0 Å². The first kappa shape index (κ1) is 13.0. The lowest BCUT2D eigenvalue weighted by atomic mass is 9.96. The molecule has 0 aromatic heterocycles. The summed E-state index contributed by atoms with van der Waals surface area (Å²) in [7, 11) is 0. The Morgan fingerprint density at radius 2 is 2.00 bits per heavy atom. The second-order valence-corrected chi connectivity index (χ2v) is 4.83. The van der Waals surface area contributed by atoms with E-state index in [4.69, 9.17) is 5.73 Å². The topological polar surface area (TPSA) is 46.3 Å². The van der Waals surface area contributed by atoms with Crippen LogP contribution < -0.4 is 5.73 Å². The monoisotopic (exact) mass is 250 g/mol. The Morgan fingerprint density at radius 1 is 1.33 bits per heavy atom. The first-order valence-corrected chi connectivity index (χ1v) is 6.42. The number of rotatable bonds is 3. The number of carbonyl (C=O) groups is 1. The number of piperidine rings is 1. The van der Waals surface area contributed by atoms with Gasteiger partial charge in [-0.05, 0) is 36.9 Å². The average molecular weight is 250 g/mol. The highest BCUT2D eigenvalue weighted by Gasteiger charge is 2.22. The zero-order chi connectivity index (χ0) is 13.0. The van der Waals surface area contributed by atoms with E-state index in [0.29, 0.717) is 18.0 Å². The van der Waals surface area contributed by atoms with Gasteiger partial charge in [-0.25, -0.2) is 4.39 Å². The minimum absolute atomic E-state index is 0.00979. The van der Waals surface area contributed by atoms with Gasteiger partial charge in [0.05, 0.1) is 6.42 Å². The molecule has 0 aliphatic carbocycles. The highest BCUT2D eigenvalue weighted by molar-refractivity contribution is 5.78. The summed E-state index contributed by atoms with van der Waals surface area (Å²) in [6.07, 6.45) is 2.07. The third-order valence-electron chi connectivity index (χ3n) is 3.60. The van der Waals surface area contributed by atoms with Gasteiger partial charge in [0.1, 0.15) is 5.82 Å². The molecule has 4 heteroatoms. The smallest absolute Gasteiger partial charge is 0.227 e. The van der Waals surface area contributed by atoms with Crippen molar-refractivity contribution in [2.24, 2.45) is 11.7 Å². The van der Waals surface area contributed by atoms with Crippen molar-refractivity contribution in [3.05, 3.63) is 35.6 Å². The van der Waals surface area contributed by atoms with E-state index in [1.807, 2.05) is 4.90 Å². The van der Waals surface area contributed by atoms with Crippen molar-refractivity contribution in [1.82, 2.24) is 4.90 Å². The first-order valence-electron chi connectivity index (χ1n) is 6.42. The van der Waals surface area contributed by atoms with Gasteiger partial charge in [-0.1, -0.05) is 18.2 Å². The summed E-state index contributed by atoms with van der Waals surface area (Å²) >= 11 is 0. The third kappa shape index (κ3) is 3.07. The number of halogens is 1. The van der Waals surface area contributed by atoms with Crippen molar-refractivity contribution in [3.63, 3.8) is 0 Å². The van der Waals surface area contributed by atoms with Crippen LogP contribution in [0.1, 0.15) is 18.4 Å². The van der Waals surface area contributed by atoms with Gasteiger partial charge in [0, 0.05) is 13.1 Å². The Hall–Kier alpha value is -1.42. The fraction of sp³-hybridized carbons (Fsp3) is 0.500. The van der Waals surface area contributed by atoms with Crippen LogP contribution >= 0.6 is 0 Å². The number of nitrogens with zero attached hydrogens (tertiary/aromatic N) is 1. The number of amides is 1. The maximum atomic E-state index is 13.4. The summed E-state index contributed by atoms with van der Waals surface area (Å²) in [6, 6.07) is 6.45. The van der Waals surface area contributed by atoms with E-state index in [0.717, 1.165) is 25.9 Å². The lowest BCUT2D eigenvalue weighted by Crippen LogP contribution is -2.40. The average Bonchev–Trinajstić information content (AvgIpc) is 2.41. The molecule has 1 aromatic carbocycles. The maximum Gasteiger partial charge on any atom is 0.227 e. The molecule has 0 atom stereocenters. The van der Waals surface area contributed by atoms with Crippen molar-refractivity contribution in [1.29, 1.82) is 0 Å². The predicted molar refractivity (Wildman–Crippen MR) is 68.5 cm³/mol. The molecule has 2 N–H and O–H groups in total. The molecule has 1 saturated heterocycles. The Bertz CT molecular complexity index is 414. The Labute approximate surface area is 107 Å². The van der Waals surface area contributed by atoms with E-state index < -0.39 is 0 Å². The van der Waals surface area contributed by atoms with Crippen LogP contribution in [0, 0.1) is 11.7 Å². The van der Waals surface area contributed by atoms with Crippen molar-refractivity contribution >= 4 is 5.91 Å². The molecule has 1 aromatic rings. The summed E-state index contributed by atoms with van der Waals surface area (Å²) in [5.74, 6) is 0.237. The van der Waals surface area contributed by atoms with Crippen LogP contribution in [0.3, 0.4) is 0 Å². The molecular formula is C14H19FN2O. The van der Waals surface area contributed by atoms with Crippen LogP contribution in [0.4, 0.5) is 4.39 Å². The second-order valence-electron chi connectivity index (χ2n) is 4.83. The summed E-state index contributed by atoms with van der Waals surface area (Å²) in [5.41, 5.74) is 6.09. The first-order chi connectivity index (χ1) is 8.70. The van der Waals surface area contributed by atoms with Gasteiger partial charge in [-0.3, -0.25) is 4.79 Å². The van der Waals surface area contributed by atoms with Crippen LogP contribution in [0.2, 0.25) is 0 Å². The highest BCUT2D eigenvalue weighted by atomic mass is 19.1. The number of nitrogens with two attached hydrogens (primary N) is 1. The molecule has 0 bridgehead atoms. The zero-order valence-electron chi connectivity index (χ0n) is 10.4. The lowest BCUT2D eigenvalue weighted by Gasteiger charge is -2.31. The van der Waals surface area contributed by atoms with Gasteiger partial charge >= 0.3 is 0 Å². The van der Waals surface area contributed by atoms with Gasteiger partial charge in [-0.15, -0.1) is 0 Å². The summed E-state index contributed by atoms with van der Waals surface area (Å²) in [6.45, 7) is 2.18. The normalized spacial score (nSPS) is 16.9. The molecular weight excluding hydrogens is 231 g/mol. The molecule has 1 aliphatic rings. The minimum Gasteiger partial charge on any atom is -0.342 e. The van der Waals surface area contributed by atoms with Crippen molar-refractivity contribution in [2.75, 3.05) is 19.6 Å². The molecule has 1 aliphatic heterocycles. The Morgan fingerprint density at radius 3 is 2.61 bits per heavy atom. The molecule has 0 spiro atoms. The molecule has 0 radical (unpaired) electrons. The molecule has 1 fully saturated rings. The molecule has 0 saturated carbocycles. The summed E-state index contributed by atoms with van der Waals surface area (Å²) in [5, 5.41) is 0. The van der Waals surface area contributed by atoms with E-state index in [1.165, 1.54) is 6.07 Å². The van der Waals surface area contributed by atoms with E-state index in [-0.39, 0.29) is 18.1 Å². The Kier molecular flexibility index (Phi) is 4.31. The van der Waals surface area contributed by atoms with Gasteiger partial charge < -0.3 is 10.6 Å². The van der Waals surface area contributed by atoms with Crippen LogP contribution in [0.5, 0.6) is 0 Å². The third-order valence-corrected chi connectivity index (χ3v) is 3.60. The summed E-state index contributed by atoms with van der Waals surface area (Å²) in [4.78, 5) is 13.9. The highest BCUT2D eigenvalue weighted by Crippen LogP contribution is 2.17. The fourth-order valence-electron chi connectivity index (χ4n) is 2.33. The van der Waals surface area contributed by atoms with Crippen molar-refractivity contribution in [2.45, 2.75) is 19.3 Å². The van der Waals surface area contributed by atoms with Gasteiger partial charge in [-0.2, -0.15) is 0 Å². The van der Waals surface area contributed by atoms with E-state index in [2.05, 4.69) is 0 Å². The van der Waals surface area contributed by atoms with Gasteiger partial charge in [0.2, 0.25) is 5.91 Å². The largest absolute Gasteiger partial charge is 0.342 e. The van der Waals surface area contributed by atoms with Crippen LogP contribution in [-0.4, -0.2) is 30.4 Å². The lowest BCUT2D eigenvalue weighted by molar-refractivity contribution is -0.131. The molecule has 1 amide bonds. The molecule has 2 rings (SSSR count). The summed E-state index contributed by atoms with van der Waals surface area (Å²) < 4.78 is 13.4. The SMILES string of the molecule is NCC1CCN(C(=O)Cc2ccccc2F)CC1.